The zero-order chi connectivity index (χ0) is 13.1. The highest BCUT2D eigenvalue weighted by atomic mass is 15.3. The lowest BCUT2D eigenvalue weighted by atomic mass is 10.3. The summed E-state index contributed by atoms with van der Waals surface area (Å²) in [5, 5.41) is 0. The van der Waals surface area contributed by atoms with Crippen molar-refractivity contribution in [3.63, 3.8) is 0 Å². The number of anilines is 3. The standard InChI is InChI=1S/C13H16N6/c14-11-9-16-13(17-10-11)19-7-5-18(6-8-19)12-1-3-15-4-2-12/h1-4,9-10H,5-8,14H2. The molecular weight excluding hydrogens is 240 g/mol. The van der Waals surface area contributed by atoms with E-state index in [9.17, 15) is 0 Å². The van der Waals surface area contributed by atoms with Crippen molar-refractivity contribution in [1.29, 1.82) is 0 Å². The van der Waals surface area contributed by atoms with E-state index in [4.69, 9.17) is 5.73 Å². The molecule has 2 aromatic heterocycles. The van der Waals surface area contributed by atoms with Gasteiger partial charge in [0.05, 0.1) is 18.1 Å². The molecule has 3 heterocycles. The summed E-state index contributed by atoms with van der Waals surface area (Å²) < 4.78 is 0. The number of nitrogens with two attached hydrogens (primary N) is 1. The molecule has 0 atom stereocenters. The van der Waals surface area contributed by atoms with E-state index in [2.05, 4.69) is 24.8 Å². The topological polar surface area (TPSA) is 71.2 Å². The molecule has 0 bridgehead atoms. The smallest absolute Gasteiger partial charge is 0.225 e. The third-order valence-electron chi connectivity index (χ3n) is 3.25. The van der Waals surface area contributed by atoms with Gasteiger partial charge < -0.3 is 15.5 Å². The molecule has 0 saturated carbocycles. The van der Waals surface area contributed by atoms with Crippen molar-refractivity contribution in [2.45, 2.75) is 0 Å². The number of nitrogens with zero attached hydrogens (tertiary/aromatic N) is 5. The average Bonchev–Trinajstić information content (AvgIpc) is 2.49. The van der Waals surface area contributed by atoms with Crippen molar-refractivity contribution in [2.75, 3.05) is 41.7 Å². The van der Waals surface area contributed by atoms with Crippen LogP contribution >= 0.6 is 0 Å². The van der Waals surface area contributed by atoms with Crippen LogP contribution < -0.4 is 15.5 Å². The van der Waals surface area contributed by atoms with Crippen LogP contribution in [0.4, 0.5) is 17.3 Å². The van der Waals surface area contributed by atoms with Crippen molar-refractivity contribution >= 4 is 17.3 Å². The number of piperazine rings is 1. The van der Waals surface area contributed by atoms with Crippen LogP contribution in [0.25, 0.3) is 0 Å². The number of hydrogen-bond donors (Lipinski definition) is 1. The quantitative estimate of drug-likeness (QED) is 0.856. The Morgan fingerprint density at radius 2 is 1.47 bits per heavy atom. The zero-order valence-electron chi connectivity index (χ0n) is 10.6. The summed E-state index contributed by atoms with van der Waals surface area (Å²) in [6.45, 7) is 3.73. The lowest BCUT2D eigenvalue weighted by Gasteiger charge is -2.35. The molecule has 6 nitrogen and oxygen atoms in total. The van der Waals surface area contributed by atoms with Crippen molar-refractivity contribution in [2.24, 2.45) is 0 Å². The lowest BCUT2D eigenvalue weighted by Crippen LogP contribution is -2.47. The van der Waals surface area contributed by atoms with Crippen LogP contribution in [0.1, 0.15) is 0 Å². The van der Waals surface area contributed by atoms with Crippen LogP contribution in [0.5, 0.6) is 0 Å². The molecule has 0 aromatic carbocycles. The first-order valence-corrected chi connectivity index (χ1v) is 6.30. The Hall–Kier alpha value is -2.37. The van der Waals surface area contributed by atoms with Gasteiger partial charge in [-0.2, -0.15) is 0 Å². The first-order chi connectivity index (χ1) is 9.33. The van der Waals surface area contributed by atoms with Gasteiger partial charge in [0.15, 0.2) is 0 Å². The van der Waals surface area contributed by atoms with Gasteiger partial charge in [0, 0.05) is 44.3 Å². The fourth-order valence-corrected chi connectivity index (χ4v) is 2.21. The van der Waals surface area contributed by atoms with Gasteiger partial charge in [-0.15, -0.1) is 0 Å². The van der Waals surface area contributed by atoms with Crippen LogP contribution in [-0.4, -0.2) is 41.1 Å². The summed E-state index contributed by atoms with van der Waals surface area (Å²) in [5.41, 5.74) is 7.41. The Morgan fingerprint density at radius 1 is 0.895 bits per heavy atom. The Labute approximate surface area is 111 Å². The van der Waals surface area contributed by atoms with Crippen LogP contribution in [0.2, 0.25) is 0 Å². The molecule has 1 saturated heterocycles. The minimum Gasteiger partial charge on any atom is -0.396 e. The molecule has 1 aliphatic heterocycles. The maximum absolute atomic E-state index is 5.60. The molecule has 98 valence electrons. The first kappa shape index (κ1) is 11.7. The third kappa shape index (κ3) is 2.57. The molecule has 0 amide bonds. The van der Waals surface area contributed by atoms with Crippen molar-refractivity contribution < 1.29 is 0 Å². The number of hydrogen-bond acceptors (Lipinski definition) is 6. The van der Waals surface area contributed by atoms with E-state index in [1.807, 2.05) is 24.5 Å². The predicted molar refractivity (Wildman–Crippen MR) is 75.1 cm³/mol. The van der Waals surface area contributed by atoms with E-state index in [0.29, 0.717) is 5.69 Å². The van der Waals surface area contributed by atoms with Crippen LogP contribution in [0.15, 0.2) is 36.9 Å². The summed E-state index contributed by atoms with van der Waals surface area (Å²) in [4.78, 5) is 17.1. The minimum atomic E-state index is 0.596. The molecule has 0 unspecified atom stereocenters. The molecule has 3 rings (SSSR count). The first-order valence-electron chi connectivity index (χ1n) is 6.30. The Bertz CT molecular complexity index is 519. The van der Waals surface area contributed by atoms with E-state index in [0.717, 1.165) is 32.1 Å². The molecule has 0 spiro atoms. The monoisotopic (exact) mass is 256 g/mol. The second-order valence-corrected chi connectivity index (χ2v) is 4.50. The van der Waals surface area contributed by atoms with Crippen molar-refractivity contribution in [1.82, 2.24) is 15.0 Å². The molecule has 2 N–H and O–H groups in total. The number of aromatic nitrogens is 3. The van der Waals surface area contributed by atoms with Gasteiger partial charge in [-0.05, 0) is 12.1 Å². The van der Waals surface area contributed by atoms with Crippen LogP contribution in [0, 0.1) is 0 Å². The average molecular weight is 256 g/mol. The van der Waals surface area contributed by atoms with Gasteiger partial charge in [0.2, 0.25) is 5.95 Å². The highest BCUT2D eigenvalue weighted by Crippen LogP contribution is 2.17. The normalized spacial score (nSPS) is 15.6. The largest absolute Gasteiger partial charge is 0.396 e. The maximum atomic E-state index is 5.60. The van der Waals surface area contributed by atoms with Gasteiger partial charge in [-0.1, -0.05) is 0 Å². The summed E-state index contributed by atoms with van der Waals surface area (Å²) in [5.74, 6) is 0.753. The van der Waals surface area contributed by atoms with E-state index >= 15 is 0 Å². The van der Waals surface area contributed by atoms with E-state index in [1.54, 1.807) is 12.4 Å². The molecule has 2 aromatic rings. The maximum Gasteiger partial charge on any atom is 0.225 e. The Morgan fingerprint density at radius 3 is 2.11 bits per heavy atom. The molecule has 0 radical (unpaired) electrons. The number of pyridine rings is 1. The van der Waals surface area contributed by atoms with Crippen molar-refractivity contribution in [3.05, 3.63) is 36.9 Å². The van der Waals surface area contributed by atoms with Crippen LogP contribution in [-0.2, 0) is 0 Å². The predicted octanol–water partition coefficient (Wildman–Crippen LogP) is 0.780. The molecule has 0 aliphatic carbocycles. The Kier molecular flexibility index (Phi) is 3.14. The summed E-state index contributed by atoms with van der Waals surface area (Å²) >= 11 is 0. The van der Waals surface area contributed by atoms with Gasteiger partial charge in [0.1, 0.15) is 0 Å². The summed E-state index contributed by atoms with van der Waals surface area (Å²) in [7, 11) is 0. The Balaban J connectivity index is 1.65. The molecule has 6 heteroatoms. The second kappa shape index (κ2) is 5.09. The van der Waals surface area contributed by atoms with Crippen LogP contribution in [0.3, 0.4) is 0 Å². The molecule has 1 aliphatic rings. The third-order valence-corrected chi connectivity index (χ3v) is 3.25. The van der Waals surface area contributed by atoms with Gasteiger partial charge >= 0.3 is 0 Å². The fourth-order valence-electron chi connectivity index (χ4n) is 2.21. The molecule has 1 fully saturated rings. The number of rotatable bonds is 2. The van der Waals surface area contributed by atoms with E-state index in [-0.39, 0.29) is 0 Å². The number of nitrogen functional groups attached to an aromatic ring is 1. The molecular formula is C13H16N6. The summed E-state index contributed by atoms with van der Waals surface area (Å²) in [6.07, 6.45) is 6.95. The second-order valence-electron chi connectivity index (χ2n) is 4.50. The molecule has 19 heavy (non-hydrogen) atoms. The summed E-state index contributed by atoms with van der Waals surface area (Å²) in [6, 6.07) is 4.07. The zero-order valence-corrected chi connectivity index (χ0v) is 10.6. The SMILES string of the molecule is Nc1cnc(N2CCN(c3ccncc3)CC2)nc1. The van der Waals surface area contributed by atoms with E-state index < -0.39 is 0 Å². The fraction of sp³-hybridized carbons (Fsp3) is 0.308. The van der Waals surface area contributed by atoms with Gasteiger partial charge in [-0.25, -0.2) is 9.97 Å². The highest BCUT2D eigenvalue weighted by Gasteiger charge is 2.18. The van der Waals surface area contributed by atoms with Crippen molar-refractivity contribution in [3.8, 4) is 0 Å². The lowest BCUT2D eigenvalue weighted by molar-refractivity contribution is 0.640. The highest BCUT2D eigenvalue weighted by molar-refractivity contribution is 5.47. The van der Waals surface area contributed by atoms with Gasteiger partial charge in [0.25, 0.3) is 0 Å². The van der Waals surface area contributed by atoms with E-state index in [1.165, 1.54) is 5.69 Å². The van der Waals surface area contributed by atoms with Gasteiger partial charge in [-0.3, -0.25) is 4.98 Å². The minimum absolute atomic E-state index is 0.596.